The molecule has 1 saturated heterocycles. The van der Waals surface area contributed by atoms with Gasteiger partial charge in [0.25, 0.3) is 0 Å². The predicted octanol–water partition coefficient (Wildman–Crippen LogP) is 2.44. The van der Waals surface area contributed by atoms with Crippen LogP contribution in [0, 0.1) is 12.8 Å². The molecule has 1 aliphatic carbocycles. The number of rotatable bonds is 6. The van der Waals surface area contributed by atoms with Gasteiger partial charge in [0.05, 0.1) is 5.69 Å². The van der Waals surface area contributed by atoms with Crippen LogP contribution in [0.15, 0.2) is 12.1 Å². The van der Waals surface area contributed by atoms with Crippen LogP contribution in [0.1, 0.15) is 50.4 Å². The zero-order valence-electron chi connectivity index (χ0n) is 16.2. The predicted molar refractivity (Wildman–Crippen MR) is 104 cm³/mol. The standard InChI is InChI=1S/C20H31N5O/c1-14(2)18-11-20(25-19(21-18)10-15(3)22-25)24-8-7-23(12-16-4-5-16)17(13-24)6-9-26/h10-11,14,16-17,26H,4-9,12-13H2,1-3H3. The van der Waals surface area contributed by atoms with E-state index < -0.39 is 0 Å². The third-order valence-electron chi connectivity index (χ3n) is 5.72. The Balaban J connectivity index is 1.63. The van der Waals surface area contributed by atoms with E-state index in [9.17, 15) is 5.11 Å². The summed E-state index contributed by atoms with van der Waals surface area (Å²) in [5.41, 5.74) is 3.05. The van der Waals surface area contributed by atoms with Crippen LogP contribution < -0.4 is 4.90 Å². The molecule has 4 rings (SSSR count). The minimum Gasteiger partial charge on any atom is -0.396 e. The van der Waals surface area contributed by atoms with Gasteiger partial charge < -0.3 is 10.0 Å². The van der Waals surface area contributed by atoms with Crippen molar-refractivity contribution in [3.63, 3.8) is 0 Å². The minimum absolute atomic E-state index is 0.254. The largest absolute Gasteiger partial charge is 0.396 e. The van der Waals surface area contributed by atoms with Crippen molar-refractivity contribution < 1.29 is 5.11 Å². The zero-order valence-corrected chi connectivity index (χ0v) is 16.2. The Hall–Kier alpha value is -1.66. The highest BCUT2D eigenvalue weighted by molar-refractivity contribution is 5.53. The summed E-state index contributed by atoms with van der Waals surface area (Å²) in [4.78, 5) is 9.83. The molecule has 1 atom stereocenters. The van der Waals surface area contributed by atoms with E-state index in [2.05, 4.69) is 40.9 Å². The Kier molecular flexibility index (Phi) is 4.88. The summed E-state index contributed by atoms with van der Waals surface area (Å²) >= 11 is 0. The minimum atomic E-state index is 0.254. The van der Waals surface area contributed by atoms with Gasteiger partial charge in [-0.1, -0.05) is 13.8 Å². The first kappa shape index (κ1) is 17.7. The number of anilines is 1. The molecular formula is C20H31N5O. The van der Waals surface area contributed by atoms with Crippen molar-refractivity contribution in [2.75, 3.05) is 37.7 Å². The first-order valence-electron chi connectivity index (χ1n) is 10.0. The van der Waals surface area contributed by atoms with Gasteiger partial charge in [-0.3, -0.25) is 4.90 Å². The van der Waals surface area contributed by atoms with Crippen molar-refractivity contribution in [3.05, 3.63) is 23.5 Å². The van der Waals surface area contributed by atoms with E-state index in [1.54, 1.807) is 0 Å². The maximum absolute atomic E-state index is 9.56. The Bertz CT molecular complexity index is 767. The van der Waals surface area contributed by atoms with E-state index in [0.29, 0.717) is 12.0 Å². The lowest BCUT2D eigenvalue weighted by Crippen LogP contribution is -2.54. The van der Waals surface area contributed by atoms with Gasteiger partial charge >= 0.3 is 0 Å². The molecule has 6 heteroatoms. The van der Waals surface area contributed by atoms with Crippen LogP contribution in [-0.2, 0) is 0 Å². The van der Waals surface area contributed by atoms with Gasteiger partial charge in [-0.15, -0.1) is 0 Å². The van der Waals surface area contributed by atoms with Gasteiger partial charge in [0.15, 0.2) is 5.65 Å². The second-order valence-electron chi connectivity index (χ2n) is 8.30. The third kappa shape index (κ3) is 3.58. The van der Waals surface area contributed by atoms with E-state index in [4.69, 9.17) is 4.98 Å². The van der Waals surface area contributed by atoms with Crippen molar-refractivity contribution in [1.29, 1.82) is 0 Å². The first-order valence-corrected chi connectivity index (χ1v) is 10.0. The lowest BCUT2D eigenvalue weighted by molar-refractivity contribution is 0.136. The number of aryl methyl sites for hydroxylation is 1. The van der Waals surface area contributed by atoms with Gasteiger partial charge in [0.2, 0.25) is 0 Å². The highest BCUT2D eigenvalue weighted by atomic mass is 16.3. The normalized spacial score (nSPS) is 21.9. The van der Waals surface area contributed by atoms with E-state index >= 15 is 0 Å². The van der Waals surface area contributed by atoms with Gasteiger partial charge in [0.1, 0.15) is 5.82 Å². The Labute approximate surface area is 155 Å². The van der Waals surface area contributed by atoms with E-state index in [1.165, 1.54) is 19.4 Å². The fourth-order valence-corrected chi connectivity index (χ4v) is 4.01. The van der Waals surface area contributed by atoms with Gasteiger partial charge in [-0.05, 0) is 38.0 Å². The molecule has 0 radical (unpaired) electrons. The Morgan fingerprint density at radius 3 is 2.73 bits per heavy atom. The number of aliphatic hydroxyl groups is 1. The maximum Gasteiger partial charge on any atom is 0.157 e. The number of hydrogen-bond acceptors (Lipinski definition) is 5. The fourth-order valence-electron chi connectivity index (χ4n) is 4.01. The molecule has 1 aliphatic heterocycles. The molecule has 142 valence electrons. The monoisotopic (exact) mass is 357 g/mol. The van der Waals surface area contributed by atoms with Crippen LogP contribution in [0.5, 0.6) is 0 Å². The second-order valence-corrected chi connectivity index (χ2v) is 8.30. The molecule has 2 aromatic rings. The summed E-state index contributed by atoms with van der Waals surface area (Å²) in [6.45, 7) is 10.9. The van der Waals surface area contributed by atoms with E-state index in [0.717, 1.165) is 54.8 Å². The molecule has 6 nitrogen and oxygen atoms in total. The van der Waals surface area contributed by atoms with E-state index in [-0.39, 0.29) is 6.61 Å². The van der Waals surface area contributed by atoms with Gasteiger partial charge in [-0.2, -0.15) is 9.61 Å². The average molecular weight is 358 g/mol. The SMILES string of the molecule is Cc1cc2nc(C(C)C)cc(N3CCN(CC4CC4)C(CCO)C3)n2n1. The Morgan fingerprint density at radius 2 is 2.04 bits per heavy atom. The van der Waals surface area contributed by atoms with Crippen LogP contribution >= 0.6 is 0 Å². The lowest BCUT2D eigenvalue weighted by Gasteiger charge is -2.42. The summed E-state index contributed by atoms with van der Waals surface area (Å²) < 4.78 is 1.99. The second kappa shape index (κ2) is 7.16. The zero-order chi connectivity index (χ0) is 18.3. The quantitative estimate of drug-likeness (QED) is 0.861. The third-order valence-corrected chi connectivity index (χ3v) is 5.72. The van der Waals surface area contributed by atoms with Crippen molar-refractivity contribution in [1.82, 2.24) is 19.5 Å². The van der Waals surface area contributed by atoms with Crippen LogP contribution in [0.25, 0.3) is 5.65 Å². The topological polar surface area (TPSA) is 56.9 Å². The number of nitrogens with zero attached hydrogens (tertiary/aromatic N) is 5. The molecule has 3 heterocycles. The summed E-state index contributed by atoms with van der Waals surface area (Å²) in [7, 11) is 0. The van der Waals surface area contributed by atoms with Crippen LogP contribution in [0.3, 0.4) is 0 Å². The summed E-state index contributed by atoms with van der Waals surface area (Å²) in [5, 5.41) is 14.2. The van der Waals surface area contributed by atoms with Gasteiger partial charge in [0, 0.05) is 56.7 Å². The molecule has 1 saturated carbocycles. The number of fused-ring (bicyclic) bond motifs is 1. The highest BCUT2D eigenvalue weighted by Gasteiger charge is 2.32. The first-order chi connectivity index (χ1) is 12.5. The number of piperazine rings is 1. The molecule has 2 fully saturated rings. The van der Waals surface area contributed by atoms with Crippen molar-refractivity contribution in [2.45, 2.75) is 52.0 Å². The number of aliphatic hydroxyl groups excluding tert-OH is 1. The molecule has 2 aliphatic rings. The van der Waals surface area contributed by atoms with Crippen molar-refractivity contribution in [2.24, 2.45) is 5.92 Å². The fraction of sp³-hybridized carbons (Fsp3) is 0.700. The van der Waals surface area contributed by atoms with Crippen LogP contribution in [0.2, 0.25) is 0 Å². The van der Waals surface area contributed by atoms with Crippen LogP contribution in [-0.4, -0.2) is 63.4 Å². The molecule has 0 amide bonds. The maximum atomic E-state index is 9.56. The summed E-state index contributed by atoms with van der Waals surface area (Å²) in [6, 6.07) is 4.68. The van der Waals surface area contributed by atoms with Gasteiger partial charge in [-0.25, -0.2) is 4.98 Å². The number of aromatic nitrogens is 3. The van der Waals surface area contributed by atoms with Crippen molar-refractivity contribution >= 4 is 11.5 Å². The highest BCUT2D eigenvalue weighted by Crippen LogP contribution is 2.32. The molecule has 26 heavy (non-hydrogen) atoms. The van der Waals surface area contributed by atoms with E-state index in [1.807, 2.05) is 11.4 Å². The smallest absolute Gasteiger partial charge is 0.157 e. The van der Waals surface area contributed by atoms with Crippen LogP contribution in [0.4, 0.5) is 5.82 Å². The molecule has 0 spiro atoms. The molecule has 1 unspecified atom stereocenters. The molecule has 2 aromatic heterocycles. The lowest BCUT2D eigenvalue weighted by atomic mass is 10.1. The molecule has 1 N–H and O–H groups in total. The van der Waals surface area contributed by atoms with Crippen molar-refractivity contribution in [3.8, 4) is 0 Å². The summed E-state index contributed by atoms with van der Waals surface area (Å²) in [5.74, 6) is 2.41. The molecule has 0 aromatic carbocycles. The summed E-state index contributed by atoms with van der Waals surface area (Å²) in [6.07, 6.45) is 3.59. The average Bonchev–Trinajstić information content (AvgIpc) is 3.34. The number of hydrogen-bond donors (Lipinski definition) is 1. The molecule has 0 bridgehead atoms. The Morgan fingerprint density at radius 1 is 1.23 bits per heavy atom. The molecular weight excluding hydrogens is 326 g/mol.